The Bertz CT molecular complexity index is 510. The van der Waals surface area contributed by atoms with Crippen LogP contribution in [0.25, 0.3) is 0 Å². The quantitative estimate of drug-likeness (QED) is 0.733. The number of hydrogen-bond donors (Lipinski definition) is 0. The molecule has 3 heterocycles. The van der Waals surface area contributed by atoms with Crippen molar-refractivity contribution < 1.29 is 18.9 Å². The van der Waals surface area contributed by atoms with Gasteiger partial charge in [-0.1, -0.05) is 5.21 Å². The zero-order valence-electron chi connectivity index (χ0n) is 13.1. The molecule has 0 spiro atoms. The molecule has 124 valence electrons. The molecule has 3 rings (SSSR count). The number of hydrogen-bond acceptors (Lipinski definition) is 6. The summed E-state index contributed by atoms with van der Waals surface area (Å²) in [5.41, 5.74) is 0.933. The predicted molar refractivity (Wildman–Crippen MR) is 78.6 cm³/mol. The minimum Gasteiger partial charge on any atom is -0.353 e. The van der Waals surface area contributed by atoms with Crippen LogP contribution in [0.3, 0.4) is 0 Å². The number of halogens is 1. The highest BCUT2D eigenvalue weighted by Gasteiger charge is 2.55. The highest BCUT2D eigenvalue weighted by molar-refractivity contribution is 6.17. The van der Waals surface area contributed by atoms with E-state index in [1.807, 2.05) is 20.0 Å². The van der Waals surface area contributed by atoms with Crippen LogP contribution < -0.4 is 0 Å². The van der Waals surface area contributed by atoms with Gasteiger partial charge in [0, 0.05) is 19.2 Å². The third-order valence-electron chi connectivity index (χ3n) is 3.86. The Morgan fingerprint density at radius 1 is 1.36 bits per heavy atom. The number of nitrogens with zero attached hydrogens (tertiary/aromatic N) is 3. The molecule has 2 aliphatic heterocycles. The second-order valence-corrected chi connectivity index (χ2v) is 6.45. The highest BCUT2D eigenvalue weighted by atomic mass is 35.5. The zero-order chi connectivity index (χ0) is 15.7. The summed E-state index contributed by atoms with van der Waals surface area (Å²) in [6.07, 6.45) is 2.65. The first-order chi connectivity index (χ1) is 10.5. The molecule has 22 heavy (non-hydrogen) atoms. The maximum Gasteiger partial charge on any atom is 0.186 e. The van der Waals surface area contributed by atoms with E-state index in [-0.39, 0.29) is 18.3 Å². The average Bonchev–Trinajstić information content (AvgIpc) is 3.12. The monoisotopic (exact) mass is 331 g/mol. The molecule has 0 radical (unpaired) electrons. The summed E-state index contributed by atoms with van der Waals surface area (Å²) in [5, 5.41) is 8.28. The van der Waals surface area contributed by atoms with Crippen molar-refractivity contribution in [2.75, 3.05) is 13.0 Å². The first kappa shape index (κ1) is 16.1. The molecule has 0 N–H and O–H groups in total. The molecule has 8 heteroatoms. The lowest BCUT2D eigenvalue weighted by molar-refractivity contribution is -0.228. The second kappa shape index (κ2) is 6.41. The lowest BCUT2D eigenvalue weighted by atomic mass is 10.1. The third-order valence-corrected chi connectivity index (χ3v) is 4.13. The molecular weight excluding hydrogens is 310 g/mol. The molecule has 2 aliphatic rings. The van der Waals surface area contributed by atoms with Gasteiger partial charge in [0.2, 0.25) is 0 Å². The molecule has 0 unspecified atom stereocenters. The van der Waals surface area contributed by atoms with E-state index in [1.165, 1.54) is 0 Å². The summed E-state index contributed by atoms with van der Waals surface area (Å²) in [6.45, 7) is 4.35. The van der Waals surface area contributed by atoms with Gasteiger partial charge >= 0.3 is 0 Å². The summed E-state index contributed by atoms with van der Waals surface area (Å²) < 4.78 is 24.8. The van der Waals surface area contributed by atoms with Crippen molar-refractivity contribution in [3.8, 4) is 0 Å². The van der Waals surface area contributed by atoms with Gasteiger partial charge in [0.25, 0.3) is 0 Å². The first-order valence-corrected chi connectivity index (χ1v) is 8.05. The Morgan fingerprint density at radius 3 is 2.86 bits per heavy atom. The molecule has 0 amide bonds. The summed E-state index contributed by atoms with van der Waals surface area (Å²) in [6, 6.07) is 0. The Hall–Kier alpha value is -0.730. The molecule has 7 nitrogen and oxygen atoms in total. The van der Waals surface area contributed by atoms with Crippen molar-refractivity contribution >= 4 is 11.6 Å². The minimum absolute atomic E-state index is 0.171. The van der Waals surface area contributed by atoms with Crippen LogP contribution in [0.4, 0.5) is 0 Å². The molecule has 2 saturated heterocycles. The fourth-order valence-electron chi connectivity index (χ4n) is 2.95. The zero-order valence-corrected chi connectivity index (χ0v) is 13.8. The molecule has 0 aromatic carbocycles. The molecule has 1 aromatic heterocycles. The maximum absolute atomic E-state index is 5.96. The highest BCUT2D eigenvalue weighted by Crippen LogP contribution is 2.39. The van der Waals surface area contributed by atoms with Gasteiger partial charge in [-0.05, 0) is 26.7 Å². The van der Waals surface area contributed by atoms with Crippen LogP contribution >= 0.6 is 11.6 Å². The van der Waals surface area contributed by atoms with E-state index in [0.717, 1.165) is 18.5 Å². The summed E-state index contributed by atoms with van der Waals surface area (Å²) in [4.78, 5) is 0. The first-order valence-electron chi connectivity index (χ1n) is 7.51. The van der Waals surface area contributed by atoms with E-state index < -0.39 is 12.1 Å². The molecule has 1 aromatic rings. The predicted octanol–water partition coefficient (Wildman–Crippen LogP) is 1.34. The van der Waals surface area contributed by atoms with Gasteiger partial charge in [-0.15, -0.1) is 16.7 Å². The fourth-order valence-corrected chi connectivity index (χ4v) is 3.09. The van der Waals surface area contributed by atoms with Gasteiger partial charge in [-0.3, -0.25) is 0 Å². The second-order valence-electron chi connectivity index (χ2n) is 6.07. The fraction of sp³-hybridized carbons (Fsp3) is 0.857. The lowest BCUT2D eigenvalue weighted by Crippen LogP contribution is -2.33. The van der Waals surface area contributed by atoms with Crippen molar-refractivity contribution in [2.24, 2.45) is 0 Å². The number of ether oxygens (including phenoxy) is 4. The molecule has 0 saturated carbocycles. The van der Waals surface area contributed by atoms with Gasteiger partial charge in [0.05, 0.1) is 12.2 Å². The van der Waals surface area contributed by atoms with E-state index in [1.54, 1.807) is 11.8 Å². The normalized spacial score (nSPS) is 33.3. The minimum atomic E-state index is -0.623. The Labute approximate surface area is 134 Å². The van der Waals surface area contributed by atoms with Gasteiger partial charge in [0.15, 0.2) is 12.1 Å². The van der Waals surface area contributed by atoms with Crippen molar-refractivity contribution in [1.82, 2.24) is 15.0 Å². The number of alkyl halides is 1. The van der Waals surface area contributed by atoms with Crippen LogP contribution in [-0.2, 0) is 31.9 Å². The van der Waals surface area contributed by atoms with E-state index >= 15 is 0 Å². The van der Waals surface area contributed by atoms with Crippen LogP contribution in [0.15, 0.2) is 6.20 Å². The Kier molecular flexibility index (Phi) is 4.70. The summed E-state index contributed by atoms with van der Waals surface area (Å²) in [7, 11) is 1.61. The van der Waals surface area contributed by atoms with E-state index in [0.29, 0.717) is 12.4 Å². The standard InChI is InChI=1S/C14H22ClN3O4/c1-14(2)21-11-10(20-13(19-3)12(11)22-14)8-18-7-9(16-17-18)5-4-6-15/h7,10-13H,4-6,8H2,1-3H3/t10-,11-,12-,13-/m1/s1. The van der Waals surface area contributed by atoms with Gasteiger partial charge in [-0.2, -0.15) is 0 Å². The van der Waals surface area contributed by atoms with Crippen LogP contribution in [-0.4, -0.2) is 58.4 Å². The number of rotatable bonds is 6. The molecule has 0 bridgehead atoms. The van der Waals surface area contributed by atoms with E-state index in [9.17, 15) is 0 Å². The molecule has 0 aliphatic carbocycles. The van der Waals surface area contributed by atoms with Crippen molar-refractivity contribution in [3.63, 3.8) is 0 Å². The van der Waals surface area contributed by atoms with E-state index in [4.69, 9.17) is 30.5 Å². The van der Waals surface area contributed by atoms with Crippen molar-refractivity contribution in [2.45, 2.75) is 63.6 Å². The smallest absolute Gasteiger partial charge is 0.186 e. The number of aromatic nitrogens is 3. The van der Waals surface area contributed by atoms with Crippen molar-refractivity contribution in [3.05, 3.63) is 11.9 Å². The number of methoxy groups -OCH3 is 1. The van der Waals surface area contributed by atoms with Crippen molar-refractivity contribution in [1.29, 1.82) is 0 Å². The Morgan fingerprint density at radius 2 is 2.14 bits per heavy atom. The van der Waals surface area contributed by atoms with Crippen LogP contribution in [0.1, 0.15) is 26.0 Å². The Balaban J connectivity index is 1.66. The van der Waals surface area contributed by atoms with Crippen LogP contribution in [0.2, 0.25) is 0 Å². The number of fused-ring (bicyclic) bond motifs is 1. The lowest BCUT2D eigenvalue weighted by Gasteiger charge is -2.23. The van der Waals surface area contributed by atoms with Gasteiger partial charge in [0.1, 0.15) is 18.3 Å². The SMILES string of the molecule is CO[C@@H]1O[C@H](Cn2cc(CCCCl)nn2)[C@H]2OC(C)(C)O[C@@H]12. The molecular formula is C14H22ClN3O4. The molecule has 2 fully saturated rings. The van der Waals surface area contributed by atoms with Gasteiger partial charge < -0.3 is 18.9 Å². The van der Waals surface area contributed by atoms with Crippen LogP contribution in [0, 0.1) is 0 Å². The number of aryl methyl sites for hydroxylation is 1. The van der Waals surface area contributed by atoms with E-state index in [2.05, 4.69) is 10.3 Å². The summed E-state index contributed by atoms with van der Waals surface area (Å²) >= 11 is 5.70. The maximum atomic E-state index is 5.96. The average molecular weight is 332 g/mol. The van der Waals surface area contributed by atoms with Crippen LogP contribution in [0.5, 0.6) is 0 Å². The topological polar surface area (TPSA) is 67.6 Å². The largest absolute Gasteiger partial charge is 0.353 e. The van der Waals surface area contributed by atoms with Gasteiger partial charge in [-0.25, -0.2) is 4.68 Å². The molecule has 4 atom stereocenters. The summed E-state index contributed by atoms with van der Waals surface area (Å²) in [5.74, 6) is 0.000148. The third kappa shape index (κ3) is 3.28.